The highest BCUT2D eigenvalue weighted by molar-refractivity contribution is 9.10. The molecule has 6 heteroatoms. The Bertz CT molecular complexity index is 888. The van der Waals surface area contributed by atoms with E-state index in [1.54, 1.807) is 29.7 Å². The number of amides is 1. The summed E-state index contributed by atoms with van der Waals surface area (Å²) in [6.07, 6.45) is 1.78. The lowest BCUT2D eigenvalue weighted by Crippen LogP contribution is -2.16. The van der Waals surface area contributed by atoms with Crippen LogP contribution in [-0.2, 0) is 0 Å². The molecule has 0 saturated carbocycles. The molecule has 3 aromatic rings. The lowest BCUT2D eigenvalue weighted by Gasteiger charge is -2.07. The number of carbonyl (C=O) groups excluding carboxylic acids is 1. The highest BCUT2D eigenvalue weighted by Crippen LogP contribution is 2.22. The van der Waals surface area contributed by atoms with Crippen LogP contribution >= 0.6 is 15.9 Å². The maximum Gasteiger partial charge on any atom is 0.274 e. The van der Waals surface area contributed by atoms with Gasteiger partial charge < -0.3 is 5.32 Å². The van der Waals surface area contributed by atoms with Gasteiger partial charge in [-0.1, -0.05) is 12.1 Å². The number of carbonyl (C=O) groups is 1. The highest BCUT2D eigenvalue weighted by Gasteiger charge is 2.19. The van der Waals surface area contributed by atoms with Crippen LogP contribution in [0.4, 0.5) is 10.1 Å². The van der Waals surface area contributed by atoms with Gasteiger partial charge in [-0.05, 0) is 53.5 Å². The van der Waals surface area contributed by atoms with Gasteiger partial charge in [0.1, 0.15) is 17.2 Å². The quantitative estimate of drug-likeness (QED) is 0.746. The molecule has 0 aliphatic rings. The Morgan fingerprint density at radius 2 is 2.05 bits per heavy atom. The van der Waals surface area contributed by atoms with Gasteiger partial charge in [-0.25, -0.2) is 9.37 Å². The molecule has 0 aliphatic heterocycles. The van der Waals surface area contributed by atoms with Crippen molar-refractivity contribution in [3.05, 3.63) is 63.8 Å². The third-order valence-electron chi connectivity index (χ3n) is 3.38. The van der Waals surface area contributed by atoms with Crippen molar-refractivity contribution in [2.24, 2.45) is 0 Å². The van der Waals surface area contributed by atoms with E-state index >= 15 is 0 Å². The number of nitrogens with zero attached hydrogens (tertiary/aromatic N) is 2. The van der Waals surface area contributed by atoms with Crippen molar-refractivity contribution in [1.29, 1.82) is 0 Å². The zero-order valence-electron chi connectivity index (χ0n) is 12.0. The zero-order valence-corrected chi connectivity index (χ0v) is 13.6. The van der Waals surface area contributed by atoms with Crippen molar-refractivity contribution in [3.8, 4) is 0 Å². The number of pyridine rings is 1. The summed E-state index contributed by atoms with van der Waals surface area (Å²) in [6.45, 7) is 3.68. The van der Waals surface area contributed by atoms with Gasteiger partial charge >= 0.3 is 0 Å². The summed E-state index contributed by atoms with van der Waals surface area (Å²) < 4.78 is 16.2. The summed E-state index contributed by atoms with van der Waals surface area (Å²) in [5.74, 6) is -0.868. The van der Waals surface area contributed by atoms with E-state index in [9.17, 15) is 9.18 Å². The number of nitrogens with one attached hydrogen (secondary N) is 1. The molecular weight excluding hydrogens is 349 g/mol. The molecule has 1 amide bonds. The van der Waals surface area contributed by atoms with Crippen LogP contribution in [0.25, 0.3) is 5.65 Å². The molecule has 4 nitrogen and oxygen atoms in total. The Balaban J connectivity index is 2.08. The average Bonchev–Trinajstić information content (AvgIpc) is 2.78. The van der Waals surface area contributed by atoms with Crippen molar-refractivity contribution < 1.29 is 9.18 Å². The largest absolute Gasteiger partial charge is 0.318 e. The normalized spacial score (nSPS) is 10.9. The Labute approximate surface area is 135 Å². The summed E-state index contributed by atoms with van der Waals surface area (Å²) in [6, 6.07) is 8.00. The Kier molecular flexibility index (Phi) is 3.70. The fourth-order valence-corrected chi connectivity index (χ4v) is 2.95. The smallest absolute Gasteiger partial charge is 0.274 e. The van der Waals surface area contributed by atoms with Crippen LogP contribution in [0.2, 0.25) is 0 Å². The second kappa shape index (κ2) is 5.53. The minimum atomic E-state index is -0.473. The highest BCUT2D eigenvalue weighted by atomic mass is 79.9. The van der Waals surface area contributed by atoms with Crippen LogP contribution in [0, 0.1) is 19.7 Å². The first-order chi connectivity index (χ1) is 10.5. The third kappa shape index (κ3) is 2.50. The summed E-state index contributed by atoms with van der Waals surface area (Å²) >= 11 is 3.41. The maximum atomic E-state index is 13.7. The van der Waals surface area contributed by atoms with E-state index in [-0.39, 0.29) is 5.69 Å². The van der Waals surface area contributed by atoms with Crippen LogP contribution < -0.4 is 5.32 Å². The first-order valence-electron chi connectivity index (χ1n) is 6.68. The standard InChI is InChI=1S/C16H13BrFN3O/c1-9-7-11(17)8-21-14(10(2)19-15(9)21)16(22)20-13-6-4-3-5-12(13)18/h3-8H,1-2H3,(H,20,22). The Morgan fingerprint density at radius 3 is 2.77 bits per heavy atom. The van der Waals surface area contributed by atoms with E-state index in [0.717, 1.165) is 10.0 Å². The second-order valence-corrected chi connectivity index (χ2v) is 5.93. The van der Waals surface area contributed by atoms with Crippen LogP contribution in [0.5, 0.6) is 0 Å². The van der Waals surface area contributed by atoms with E-state index in [2.05, 4.69) is 26.2 Å². The maximum absolute atomic E-state index is 13.7. The zero-order chi connectivity index (χ0) is 15.9. The topological polar surface area (TPSA) is 46.4 Å². The van der Waals surface area contributed by atoms with E-state index in [4.69, 9.17) is 0 Å². The third-order valence-corrected chi connectivity index (χ3v) is 3.82. The van der Waals surface area contributed by atoms with Crippen LogP contribution in [0.15, 0.2) is 41.0 Å². The lowest BCUT2D eigenvalue weighted by atomic mass is 10.2. The van der Waals surface area contributed by atoms with Gasteiger partial charge in [0.05, 0.1) is 11.4 Å². The number of halogens is 2. The number of rotatable bonds is 2. The van der Waals surface area contributed by atoms with E-state index in [1.165, 1.54) is 12.1 Å². The van der Waals surface area contributed by atoms with E-state index in [1.807, 2.05) is 13.0 Å². The SMILES string of the molecule is Cc1nc2c(C)cc(Br)cn2c1C(=O)Nc1ccccc1F. The van der Waals surface area contributed by atoms with E-state index in [0.29, 0.717) is 17.0 Å². The lowest BCUT2D eigenvalue weighted by molar-refractivity contribution is 0.102. The van der Waals surface area contributed by atoms with Gasteiger partial charge in [0.25, 0.3) is 5.91 Å². The molecule has 1 aromatic carbocycles. The van der Waals surface area contributed by atoms with E-state index < -0.39 is 11.7 Å². The van der Waals surface area contributed by atoms with Crippen molar-refractivity contribution in [1.82, 2.24) is 9.38 Å². The predicted octanol–water partition coefficient (Wildman–Crippen LogP) is 4.11. The first-order valence-corrected chi connectivity index (χ1v) is 7.47. The van der Waals surface area contributed by atoms with Crippen LogP contribution in [0.3, 0.4) is 0 Å². The number of aryl methyl sites for hydroxylation is 2. The van der Waals surface area contributed by atoms with Gasteiger partial charge in [-0.2, -0.15) is 0 Å². The molecule has 22 heavy (non-hydrogen) atoms. The first kappa shape index (κ1) is 14.7. The molecule has 0 radical (unpaired) electrons. The summed E-state index contributed by atoms with van der Waals surface area (Å²) in [7, 11) is 0. The molecular formula is C16H13BrFN3O. The minimum absolute atomic E-state index is 0.147. The molecule has 1 N–H and O–H groups in total. The number of benzene rings is 1. The fourth-order valence-electron chi connectivity index (χ4n) is 2.40. The Morgan fingerprint density at radius 1 is 1.32 bits per heavy atom. The number of hydrogen-bond acceptors (Lipinski definition) is 2. The van der Waals surface area contributed by atoms with Gasteiger partial charge in [0, 0.05) is 10.7 Å². The van der Waals surface area contributed by atoms with Gasteiger partial charge in [0.15, 0.2) is 0 Å². The molecule has 0 bridgehead atoms. The molecule has 0 spiro atoms. The molecule has 2 aromatic heterocycles. The van der Waals surface area contributed by atoms with Crippen molar-refractivity contribution in [2.45, 2.75) is 13.8 Å². The summed E-state index contributed by atoms with van der Waals surface area (Å²) in [5.41, 5.74) is 2.79. The number of fused-ring (bicyclic) bond motifs is 1. The molecule has 2 heterocycles. The number of aromatic nitrogens is 2. The number of anilines is 1. The molecule has 112 valence electrons. The molecule has 0 saturated heterocycles. The average molecular weight is 362 g/mol. The summed E-state index contributed by atoms with van der Waals surface area (Å²) in [4.78, 5) is 17.0. The monoisotopic (exact) mass is 361 g/mol. The van der Waals surface area contributed by atoms with Crippen molar-refractivity contribution in [2.75, 3.05) is 5.32 Å². The molecule has 3 rings (SSSR count). The van der Waals surface area contributed by atoms with Gasteiger partial charge in [-0.15, -0.1) is 0 Å². The van der Waals surface area contributed by atoms with Gasteiger partial charge in [0.2, 0.25) is 0 Å². The Hall–Kier alpha value is -2.21. The van der Waals surface area contributed by atoms with Crippen LogP contribution in [-0.4, -0.2) is 15.3 Å². The molecule has 0 fully saturated rings. The number of hydrogen-bond donors (Lipinski definition) is 1. The molecule has 0 atom stereocenters. The molecule has 0 aliphatic carbocycles. The summed E-state index contributed by atoms with van der Waals surface area (Å²) in [5, 5.41) is 2.59. The minimum Gasteiger partial charge on any atom is -0.318 e. The predicted molar refractivity (Wildman–Crippen MR) is 86.7 cm³/mol. The van der Waals surface area contributed by atoms with Crippen LogP contribution in [0.1, 0.15) is 21.7 Å². The number of imidazole rings is 1. The number of para-hydroxylation sites is 1. The van der Waals surface area contributed by atoms with Crippen molar-refractivity contribution in [3.63, 3.8) is 0 Å². The fraction of sp³-hybridized carbons (Fsp3) is 0.125. The molecule has 0 unspecified atom stereocenters. The van der Waals surface area contributed by atoms with Gasteiger partial charge in [-0.3, -0.25) is 9.20 Å². The second-order valence-electron chi connectivity index (χ2n) is 5.01. The van der Waals surface area contributed by atoms with Crippen molar-refractivity contribution >= 4 is 33.2 Å².